The summed E-state index contributed by atoms with van der Waals surface area (Å²) in [5, 5.41) is 37.5. The van der Waals surface area contributed by atoms with Gasteiger partial charge in [0.2, 0.25) is 0 Å². The van der Waals surface area contributed by atoms with Crippen molar-refractivity contribution in [1.29, 1.82) is 0 Å². The Morgan fingerprint density at radius 2 is 1.81 bits per heavy atom. The molecule has 0 saturated heterocycles. The summed E-state index contributed by atoms with van der Waals surface area (Å²) in [4.78, 5) is 3.62. The molecule has 0 aromatic heterocycles. The van der Waals surface area contributed by atoms with Crippen LogP contribution >= 0.6 is 0 Å². The lowest BCUT2D eigenvalue weighted by Gasteiger charge is -2.08. The molecule has 16 heavy (non-hydrogen) atoms. The molecule has 0 heterocycles. The highest BCUT2D eigenvalue weighted by Crippen LogP contribution is 2.37. The monoisotopic (exact) mass is 224 g/mol. The van der Waals surface area contributed by atoms with Crippen LogP contribution in [0.4, 0.5) is 0 Å². The van der Waals surface area contributed by atoms with Crippen LogP contribution in [0.2, 0.25) is 0 Å². The quantitative estimate of drug-likeness (QED) is 0.350. The van der Waals surface area contributed by atoms with Gasteiger partial charge >= 0.3 is 0 Å². The molecule has 0 fully saturated rings. The Morgan fingerprint density at radius 1 is 1.31 bits per heavy atom. The summed E-state index contributed by atoms with van der Waals surface area (Å²) >= 11 is 0. The average Bonchev–Trinajstić information content (AvgIpc) is 2.21. The molecule has 0 radical (unpaired) electrons. The number of aliphatic imine (C=N–C) groups is 1. The Balaban J connectivity index is 3.27. The second kappa shape index (κ2) is 4.54. The first-order valence-corrected chi connectivity index (χ1v) is 4.31. The van der Waals surface area contributed by atoms with Gasteiger partial charge in [0, 0.05) is 12.6 Å². The molecule has 0 unspecified atom stereocenters. The van der Waals surface area contributed by atoms with Crippen LogP contribution in [0.3, 0.4) is 0 Å². The number of nitrogens with zero attached hydrogens (tertiary/aromatic N) is 2. The zero-order valence-electron chi connectivity index (χ0n) is 8.62. The second-order valence-electron chi connectivity index (χ2n) is 3.11. The fraction of sp³-hybridized carbons (Fsp3) is 0.100. The number of aromatic hydroxyl groups is 3. The number of hydrogen-bond acceptors (Lipinski definition) is 6. The number of hydrogen-bond donors (Lipinski definition) is 4. The third kappa shape index (κ3) is 2.43. The lowest BCUT2D eigenvalue weighted by Crippen LogP contribution is -2.03. The minimum atomic E-state index is -0.607. The summed E-state index contributed by atoms with van der Waals surface area (Å²) in [7, 11) is 1.37. The van der Waals surface area contributed by atoms with E-state index in [0.29, 0.717) is 5.56 Å². The fourth-order valence-electron chi connectivity index (χ4n) is 1.14. The van der Waals surface area contributed by atoms with Crippen molar-refractivity contribution in [2.75, 3.05) is 7.05 Å². The molecular weight excluding hydrogens is 212 g/mol. The SMILES string of the molecule is C=N/C(=C\N(C)O)c1cc(O)c(O)c(O)c1. The largest absolute Gasteiger partial charge is 0.504 e. The molecule has 6 nitrogen and oxygen atoms in total. The highest BCUT2D eigenvalue weighted by Gasteiger charge is 2.10. The second-order valence-corrected chi connectivity index (χ2v) is 3.11. The molecule has 0 aliphatic carbocycles. The van der Waals surface area contributed by atoms with Gasteiger partial charge in [0.25, 0.3) is 0 Å². The van der Waals surface area contributed by atoms with Crippen LogP contribution < -0.4 is 0 Å². The first kappa shape index (κ1) is 11.9. The molecule has 0 aliphatic rings. The summed E-state index contributed by atoms with van der Waals surface area (Å²) in [6.45, 7) is 3.29. The van der Waals surface area contributed by atoms with Crippen LogP contribution in [0.5, 0.6) is 17.2 Å². The third-order valence-corrected chi connectivity index (χ3v) is 1.84. The molecule has 86 valence electrons. The third-order valence-electron chi connectivity index (χ3n) is 1.84. The number of phenols is 3. The Bertz CT molecular complexity index is 417. The maximum absolute atomic E-state index is 9.28. The molecule has 0 bridgehead atoms. The summed E-state index contributed by atoms with van der Waals surface area (Å²) in [5.74, 6) is -1.57. The zero-order valence-corrected chi connectivity index (χ0v) is 8.62. The van der Waals surface area contributed by atoms with Gasteiger partial charge in [-0.25, -0.2) is 0 Å². The Morgan fingerprint density at radius 3 is 2.19 bits per heavy atom. The van der Waals surface area contributed by atoms with Gasteiger partial charge in [-0.1, -0.05) is 0 Å². The number of benzene rings is 1. The Hall–Kier alpha value is -2.21. The molecule has 0 amide bonds. The van der Waals surface area contributed by atoms with Gasteiger partial charge in [0.1, 0.15) is 0 Å². The van der Waals surface area contributed by atoms with E-state index in [-0.39, 0.29) is 5.70 Å². The van der Waals surface area contributed by atoms with Crippen molar-refractivity contribution in [3.8, 4) is 17.2 Å². The molecule has 0 saturated carbocycles. The van der Waals surface area contributed by atoms with E-state index in [1.54, 1.807) is 0 Å². The smallest absolute Gasteiger partial charge is 0.200 e. The van der Waals surface area contributed by atoms with Crippen molar-refractivity contribution in [1.82, 2.24) is 5.06 Å². The van der Waals surface area contributed by atoms with Gasteiger partial charge < -0.3 is 15.3 Å². The van der Waals surface area contributed by atoms with Crippen molar-refractivity contribution >= 4 is 12.4 Å². The van der Waals surface area contributed by atoms with Gasteiger partial charge in [-0.2, -0.15) is 0 Å². The molecular formula is C10H12N2O4. The van der Waals surface area contributed by atoms with Gasteiger partial charge in [0.15, 0.2) is 17.2 Å². The van der Waals surface area contributed by atoms with Gasteiger partial charge in [-0.05, 0) is 18.9 Å². The number of rotatable bonds is 3. The zero-order chi connectivity index (χ0) is 12.3. The van der Waals surface area contributed by atoms with E-state index < -0.39 is 17.2 Å². The van der Waals surface area contributed by atoms with Crippen LogP contribution in [-0.2, 0) is 0 Å². The predicted molar refractivity (Wildman–Crippen MR) is 58.5 cm³/mol. The summed E-state index contributed by atoms with van der Waals surface area (Å²) in [6.07, 6.45) is 1.23. The van der Waals surface area contributed by atoms with E-state index in [2.05, 4.69) is 11.7 Å². The first-order chi connectivity index (χ1) is 7.45. The Labute approximate surface area is 92.0 Å². The van der Waals surface area contributed by atoms with Crippen LogP contribution in [0, 0.1) is 0 Å². The van der Waals surface area contributed by atoms with Crippen LogP contribution in [-0.4, -0.2) is 39.4 Å². The fourth-order valence-corrected chi connectivity index (χ4v) is 1.14. The summed E-state index contributed by atoms with van der Waals surface area (Å²) in [6, 6.07) is 2.39. The highest BCUT2D eigenvalue weighted by atomic mass is 16.5. The van der Waals surface area contributed by atoms with E-state index >= 15 is 0 Å². The number of phenolic OH excluding ortho intramolecular Hbond substituents is 3. The topological polar surface area (TPSA) is 96.5 Å². The van der Waals surface area contributed by atoms with Crippen LogP contribution in [0.25, 0.3) is 5.70 Å². The van der Waals surface area contributed by atoms with Crippen molar-refractivity contribution < 1.29 is 20.5 Å². The maximum Gasteiger partial charge on any atom is 0.200 e. The van der Waals surface area contributed by atoms with E-state index in [4.69, 9.17) is 10.3 Å². The molecule has 1 aromatic carbocycles. The standard InChI is InChI=1S/C10H12N2O4/c1-11-7(5-12(2)16)6-3-8(13)10(15)9(14)4-6/h3-5,13-16H,1H2,2H3/b7-5-. The van der Waals surface area contributed by atoms with E-state index in [0.717, 1.165) is 5.06 Å². The summed E-state index contributed by atoms with van der Waals surface area (Å²) < 4.78 is 0. The summed E-state index contributed by atoms with van der Waals surface area (Å²) in [5.41, 5.74) is 0.541. The number of hydroxylamine groups is 2. The lowest BCUT2D eigenvalue weighted by atomic mass is 10.1. The van der Waals surface area contributed by atoms with Crippen molar-refractivity contribution in [2.45, 2.75) is 0 Å². The molecule has 0 atom stereocenters. The predicted octanol–water partition coefficient (Wildman–Crippen LogP) is 1.12. The molecule has 6 heteroatoms. The molecule has 0 spiro atoms. The van der Waals surface area contributed by atoms with E-state index in [9.17, 15) is 10.2 Å². The van der Waals surface area contributed by atoms with E-state index in [1.807, 2.05) is 0 Å². The normalized spacial score (nSPS) is 11.2. The minimum Gasteiger partial charge on any atom is -0.504 e. The minimum absolute atomic E-state index is 0.232. The van der Waals surface area contributed by atoms with Crippen LogP contribution in [0.1, 0.15) is 5.56 Å². The highest BCUT2D eigenvalue weighted by molar-refractivity contribution is 5.71. The van der Waals surface area contributed by atoms with Crippen molar-refractivity contribution in [2.24, 2.45) is 4.99 Å². The van der Waals surface area contributed by atoms with Gasteiger partial charge in [-0.3, -0.25) is 15.3 Å². The van der Waals surface area contributed by atoms with E-state index in [1.165, 1.54) is 25.4 Å². The average molecular weight is 224 g/mol. The van der Waals surface area contributed by atoms with Gasteiger partial charge in [-0.15, -0.1) is 0 Å². The molecule has 0 aliphatic heterocycles. The maximum atomic E-state index is 9.28. The van der Waals surface area contributed by atoms with Gasteiger partial charge in [0.05, 0.1) is 11.9 Å². The van der Waals surface area contributed by atoms with Crippen molar-refractivity contribution in [3.63, 3.8) is 0 Å². The van der Waals surface area contributed by atoms with Crippen LogP contribution in [0.15, 0.2) is 23.3 Å². The molecule has 4 N–H and O–H groups in total. The molecule has 1 rings (SSSR count). The lowest BCUT2D eigenvalue weighted by molar-refractivity contribution is -0.0123. The van der Waals surface area contributed by atoms with Crippen molar-refractivity contribution in [3.05, 3.63) is 23.9 Å². The molecule has 1 aromatic rings. The first-order valence-electron chi connectivity index (χ1n) is 4.31. The Kier molecular flexibility index (Phi) is 3.37.